The van der Waals surface area contributed by atoms with Crippen molar-refractivity contribution in [3.63, 3.8) is 0 Å². The van der Waals surface area contributed by atoms with Crippen LogP contribution in [0.5, 0.6) is 0 Å². The number of aromatic amines is 1. The van der Waals surface area contributed by atoms with Crippen LogP contribution in [-0.4, -0.2) is 36.5 Å². The summed E-state index contributed by atoms with van der Waals surface area (Å²) < 4.78 is 0. The Bertz CT molecular complexity index is 1070. The molecule has 0 spiro atoms. The molecule has 6 nitrogen and oxygen atoms in total. The number of aryl methyl sites for hydroxylation is 2. The second-order valence-electron chi connectivity index (χ2n) is 9.04. The van der Waals surface area contributed by atoms with E-state index in [4.69, 9.17) is 10.2 Å². The van der Waals surface area contributed by atoms with E-state index in [0.29, 0.717) is 12.5 Å². The van der Waals surface area contributed by atoms with Crippen LogP contribution in [0.3, 0.4) is 0 Å². The molecule has 1 unspecified atom stereocenters. The Morgan fingerprint density at radius 3 is 3.03 bits per heavy atom. The Kier molecular flexibility index (Phi) is 7.31. The molecule has 7 heteroatoms. The molecule has 32 heavy (non-hydrogen) atoms. The van der Waals surface area contributed by atoms with Crippen molar-refractivity contribution in [2.75, 3.05) is 18.9 Å². The second kappa shape index (κ2) is 10.5. The van der Waals surface area contributed by atoms with Crippen LogP contribution >= 0.6 is 0 Å². The van der Waals surface area contributed by atoms with Gasteiger partial charge in [-0.1, -0.05) is 31.1 Å². The highest BCUT2D eigenvalue weighted by Gasteiger charge is 2.28. The monoisotopic (exact) mass is 428 g/mol. The van der Waals surface area contributed by atoms with E-state index in [1.165, 1.54) is 41.5 Å². The minimum Gasteiger partial charge on any atom is -0.387 e. The zero-order valence-electron chi connectivity index (χ0n) is 19.2. The average Bonchev–Trinajstić information content (AvgIpc) is 3.34. The van der Waals surface area contributed by atoms with Crippen molar-refractivity contribution < 1.29 is 0 Å². The lowest BCUT2D eigenvalue weighted by atomic mass is 9.50. The fraction of sp³-hybridized carbons (Fsp3) is 0.480. The molecule has 1 saturated heterocycles. The van der Waals surface area contributed by atoms with E-state index in [1.807, 2.05) is 6.21 Å². The zero-order chi connectivity index (χ0) is 22.3. The predicted octanol–water partition coefficient (Wildman–Crippen LogP) is 4.90. The predicted molar refractivity (Wildman–Crippen MR) is 134 cm³/mol. The second-order valence-corrected chi connectivity index (χ2v) is 9.04. The number of nitrogens with one attached hydrogen (secondary N) is 3. The quantitative estimate of drug-likeness (QED) is 0.253. The summed E-state index contributed by atoms with van der Waals surface area (Å²) in [5.41, 5.74) is 6.03. The van der Waals surface area contributed by atoms with Gasteiger partial charge in [-0.2, -0.15) is 0 Å². The van der Waals surface area contributed by atoms with Crippen LogP contribution < -0.4 is 10.6 Å². The number of H-pyrrole nitrogens is 1. The first-order valence-electron chi connectivity index (χ1n) is 11.9. The van der Waals surface area contributed by atoms with E-state index < -0.39 is 0 Å². The summed E-state index contributed by atoms with van der Waals surface area (Å²) in [6.45, 7) is 3.07. The van der Waals surface area contributed by atoms with Gasteiger partial charge in [0.15, 0.2) is 0 Å². The molecule has 2 aliphatic rings. The molecule has 2 aromatic rings. The molecule has 1 fully saturated rings. The first kappa shape index (κ1) is 22.2. The molecule has 0 amide bonds. The van der Waals surface area contributed by atoms with E-state index in [1.54, 1.807) is 7.05 Å². The number of pyridine rings is 1. The number of hydrogen-bond acceptors (Lipinski definition) is 5. The van der Waals surface area contributed by atoms with E-state index >= 15 is 0 Å². The number of hydrogen-bond donors (Lipinski definition) is 3. The molecular weight excluding hydrogens is 395 g/mol. The third-order valence-electron chi connectivity index (χ3n) is 6.78. The minimum absolute atomic E-state index is 0.222. The standard InChI is InChI=1S/C25H33BN6/c1-18(19-10-12-26(14-19)17-27)15-29-13-11-20(16-28-2)30-24-9-8-22-21-6-4-3-5-7-23(21)31-25(22)32-24/h8-9,11,15-16,19,29H,3-7,10,12-14H2,1-2H3,(H2,30,31,32)/b18-15+,20-11+,28-16?. The van der Waals surface area contributed by atoms with Crippen LogP contribution in [0.1, 0.15) is 43.9 Å². The minimum atomic E-state index is 0.222. The molecule has 3 heterocycles. The van der Waals surface area contributed by atoms with Gasteiger partial charge >= 0.3 is 0 Å². The molecule has 166 valence electrons. The summed E-state index contributed by atoms with van der Waals surface area (Å²) in [4.78, 5) is 12.6. The number of aliphatic imine (C=N–C) groups is 1. The molecule has 0 aromatic carbocycles. The van der Waals surface area contributed by atoms with E-state index in [9.17, 15) is 0 Å². The van der Waals surface area contributed by atoms with E-state index in [2.05, 4.69) is 57.9 Å². The largest absolute Gasteiger partial charge is 0.387 e. The third kappa shape index (κ3) is 5.24. The van der Waals surface area contributed by atoms with Gasteiger partial charge in [0.2, 0.25) is 0 Å². The molecule has 0 bridgehead atoms. The van der Waals surface area contributed by atoms with Crippen molar-refractivity contribution >= 4 is 29.8 Å². The summed E-state index contributed by atoms with van der Waals surface area (Å²) >= 11 is 0. The lowest BCUT2D eigenvalue weighted by molar-refractivity contribution is 0.680. The lowest BCUT2D eigenvalue weighted by Gasteiger charge is -2.10. The maximum atomic E-state index is 9.11. The van der Waals surface area contributed by atoms with E-state index in [0.717, 1.165) is 49.1 Å². The van der Waals surface area contributed by atoms with Gasteiger partial charge in [0.05, 0.1) is 5.70 Å². The van der Waals surface area contributed by atoms with Crippen molar-refractivity contribution in [1.29, 1.82) is 5.26 Å². The molecule has 0 saturated carbocycles. The molecule has 1 aliphatic heterocycles. The maximum Gasteiger partial charge on any atom is 0.268 e. The van der Waals surface area contributed by atoms with Crippen molar-refractivity contribution in [2.45, 2.75) is 58.1 Å². The normalized spacial score (nSPS) is 19.8. The van der Waals surface area contributed by atoms with Gasteiger partial charge in [0.1, 0.15) is 11.5 Å². The Hall–Kier alpha value is -3.01. The number of aromatic nitrogens is 2. The van der Waals surface area contributed by atoms with Gasteiger partial charge in [-0.15, -0.1) is 0 Å². The van der Waals surface area contributed by atoms with Gasteiger partial charge in [-0.05, 0) is 68.5 Å². The van der Waals surface area contributed by atoms with E-state index in [-0.39, 0.29) is 6.71 Å². The molecule has 0 radical (unpaired) electrons. The number of allylic oxidation sites excluding steroid dienone is 2. The number of rotatable bonds is 7. The van der Waals surface area contributed by atoms with Gasteiger partial charge in [0.25, 0.3) is 6.71 Å². The summed E-state index contributed by atoms with van der Waals surface area (Å²) in [5, 5.41) is 17.2. The van der Waals surface area contributed by atoms with Crippen molar-refractivity contribution in [2.24, 2.45) is 10.9 Å². The molecule has 3 N–H and O–H groups in total. The number of fused-ring (bicyclic) bond motifs is 3. The third-order valence-corrected chi connectivity index (χ3v) is 6.78. The molecule has 4 rings (SSSR count). The lowest BCUT2D eigenvalue weighted by Crippen LogP contribution is -2.11. The smallest absolute Gasteiger partial charge is 0.268 e. The van der Waals surface area contributed by atoms with Crippen molar-refractivity contribution in [3.8, 4) is 5.97 Å². The van der Waals surface area contributed by atoms with Crippen LogP contribution in [0.15, 0.2) is 40.7 Å². The van der Waals surface area contributed by atoms with Gasteiger partial charge < -0.3 is 15.6 Å². The zero-order valence-corrected chi connectivity index (χ0v) is 19.2. The Labute approximate surface area is 191 Å². The molecule has 2 aromatic heterocycles. The van der Waals surface area contributed by atoms with Crippen LogP contribution in [0, 0.1) is 17.1 Å². The number of nitriles is 1. The number of anilines is 1. The van der Waals surface area contributed by atoms with Gasteiger partial charge in [-0.25, -0.2) is 10.2 Å². The number of nitrogens with zero attached hydrogens (tertiary/aromatic N) is 3. The maximum absolute atomic E-state index is 9.11. The Morgan fingerprint density at radius 2 is 2.22 bits per heavy atom. The highest BCUT2D eigenvalue weighted by molar-refractivity contribution is 6.67. The first-order valence-corrected chi connectivity index (χ1v) is 11.9. The van der Waals surface area contributed by atoms with Crippen molar-refractivity contribution in [3.05, 3.63) is 46.9 Å². The summed E-state index contributed by atoms with van der Waals surface area (Å²) in [6, 6.07) is 4.24. The highest BCUT2D eigenvalue weighted by Crippen LogP contribution is 2.31. The van der Waals surface area contributed by atoms with Gasteiger partial charge in [-0.3, -0.25) is 4.99 Å². The van der Waals surface area contributed by atoms with Crippen LogP contribution in [0.4, 0.5) is 5.82 Å². The summed E-state index contributed by atoms with van der Waals surface area (Å²) in [5.74, 6) is 3.75. The van der Waals surface area contributed by atoms with Crippen molar-refractivity contribution in [1.82, 2.24) is 15.3 Å². The highest BCUT2D eigenvalue weighted by atomic mass is 15.0. The topological polar surface area (TPSA) is 88.9 Å². The van der Waals surface area contributed by atoms with Crippen LogP contribution in [0.2, 0.25) is 12.6 Å². The molecule has 1 atom stereocenters. The summed E-state index contributed by atoms with van der Waals surface area (Å²) in [7, 11) is 1.78. The van der Waals surface area contributed by atoms with Crippen LogP contribution in [0.25, 0.3) is 11.0 Å². The SMILES string of the molecule is CN=C/C(=C\CN/C=C(\C)C1CCB(C#N)C1)Nc1ccc2c3c([nH]c2n1)CCCCC3. The molecular formula is C25H33BN6. The fourth-order valence-electron chi connectivity index (χ4n) is 4.97. The average molecular weight is 428 g/mol. The van der Waals surface area contributed by atoms with Gasteiger partial charge in [0, 0.05) is 36.9 Å². The first-order chi connectivity index (χ1) is 15.7. The Balaban J connectivity index is 1.39. The summed E-state index contributed by atoms with van der Waals surface area (Å²) in [6.07, 6.45) is 15.2. The Morgan fingerprint density at radius 1 is 1.34 bits per heavy atom. The van der Waals surface area contributed by atoms with Crippen LogP contribution in [-0.2, 0) is 12.8 Å². The fourth-order valence-corrected chi connectivity index (χ4v) is 4.97. The molecule has 1 aliphatic carbocycles.